The SMILES string of the molecule is CC(C)OCCN1CCN(C(=O)C2CCS(=O)(=O)C2)CC1. The molecule has 7 heteroatoms. The number of ether oxygens (including phenoxy) is 1. The van der Waals surface area contributed by atoms with Crippen molar-refractivity contribution < 1.29 is 17.9 Å². The van der Waals surface area contributed by atoms with Crippen molar-refractivity contribution in [2.75, 3.05) is 50.8 Å². The van der Waals surface area contributed by atoms with E-state index in [0.717, 1.165) is 19.6 Å². The van der Waals surface area contributed by atoms with Gasteiger partial charge in [0.15, 0.2) is 9.84 Å². The van der Waals surface area contributed by atoms with Crippen LogP contribution in [0.2, 0.25) is 0 Å². The fraction of sp³-hybridized carbons (Fsp3) is 0.929. The molecular weight excluding hydrogens is 292 g/mol. The summed E-state index contributed by atoms with van der Waals surface area (Å²) < 4.78 is 28.5. The van der Waals surface area contributed by atoms with Gasteiger partial charge in [-0.25, -0.2) is 8.42 Å². The largest absolute Gasteiger partial charge is 0.377 e. The summed E-state index contributed by atoms with van der Waals surface area (Å²) in [5.74, 6) is -0.0931. The molecule has 0 aromatic carbocycles. The Morgan fingerprint density at radius 2 is 1.90 bits per heavy atom. The van der Waals surface area contributed by atoms with Crippen molar-refractivity contribution >= 4 is 15.7 Å². The summed E-state index contributed by atoms with van der Waals surface area (Å²) in [5.41, 5.74) is 0. The third kappa shape index (κ3) is 4.93. The molecule has 0 aromatic rings. The highest BCUT2D eigenvalue weighted by molar-refractivity contribution is 7.91. The van der Waals surface area contributed by atoms with Gasteiger partial charge in [0.1, 0.15) is 0 Å². The summed E-state index contributed by atoms with van der Waals surface area (Å²) in [6, 6.07) is 0. The minimum atomic E-state index is -2.98. The standard InChI is InChI=1S/C14H26N2O4S/c1-12(2)20-9-8-15-4-6-16(7-5-15)14(17)13-3-10-21(18,19)11-13/h12-13H,3-11H2,1-2H3. The maximum absolute atomic E-state index is 12.3. The normalized spacial score (nSPS) is 26.4. The van der Waals surface area contributed by atoms with Gasteiger partial charge in [0, 0.05) is 32.7 Å². The van der Waals surface area contributed by atoms with Crippen molar-refractivity contribution in [2.24, 2.45) is 5.92 Å². The molecule has 0 radical (unpaired) electrons. The van der Waals surface area contributed by atoms with E-state index in [1.807, 2.05) is 18.7 Å². The van der Waals surface area contributed by atoms with Gasteiger partial charge in [0.05, 0.1) is 30.1 Å². The van der Waals surface area contributed by atoms with Crippen molar-refractivity contribution in [3.05, 3.63) is 0 Å². The summed E-state index contributed by atoms with van der Waals surface area (Å²) in [5, 5.41) is 0. The maximum atomic E-state index is 12.3. The van der Waals surface area contributed by atoms with Crippen LogP contribution in [-0.2, 0) is 19.4 Å². The zero-order valence-corrected chi connectivity index (χ0v) is 13.8. The van der Waals surface area contributed by atoms with Gasteiger partial charge in [0.25, 0.3) is 0 Å². The van der Waals surface area contributed by atoms with Gasteiger partial charge in [-0.15, -0.1) is 0 Å². The second kappa shape index (κ2) is 7.07. The molecule has 1 unspecified atom stereocenters. The molecule has 2 aliphatic rings. The van der Waals surface area contributed by atoms with Crippen molar-refractivity contribution in [3.8, 4) is 0 Å². The van der Waals surface area contributed by atoms with Gasteiger partial charge in [-0.2, -0.15) is 0 Å². The summed E-state index contributed by atoms with van der Waals surface area (Å²) >= 11 is 0. The molecule has 0 aliphatic carbocycles. The molecule has 0 saturated carbocycles. The van der Waals surface area contributed by atoms with Gasteiger partial charge in [-0.1, -0.05) is 0 Å². The summed E-state index contributed by atoms with van der Waals surface area (Å²) in [6.45, 7) is 8.70. The lowest BCUT2D eigenvalue weighted by atomic mass is 10.1. The number of piperazine rings is 1. The van der Waals surface area contributed by atoms with Gasteiger partial charge in [-0.05, 0) is 20.3 Å². The predicted octanol–water partition coefficient (Wildman–Crippen LogP) is -0.00970. The van der Waals surface area contributed by atoms with Crippen molar-refractivity contribution in [1.82, 2.24) is 9.80 Å². The lowest BCUT2D eigenvalue weighted by Crippen LogP contribution is -2.51. The number of carbonyl (C=O) groups excluding carboxylic acids is 1. The summed E-state index contributed by atoms with van der Waals surface area (Å²) in [6.07, 6.45) is 0.737. The topological polar surface area (TPSA) is 66.9 Å². The van der Waals surface area contributed by atoms with Gasteiger partial charge in [-0.3, -0.25) is 9.69 Å². The maximum Gasteiger partial charge on any atom is 0.226 e. The third-order valence-corrected chi connectivity index (χ3v) is 5.89. The molecule has 2 saturated heterocycles. The average molecular weight is 318 g/mol. The third-order valence-electron chi connectivity index (χ3n) is 4.12. The minimum Gasteiger partial charge on any atom is -0.377 e. The molecule has 0 spiro atoms. The van der Waals surface area contributed by atoms with Crippen LogP contribution in [0.15, 0.2) is 0 Å². The lowest BCUT2D eigenvalue weighted by molar-refractivity contribution is -0.136. The van der Waals surface area contributed by atoms with E-state index in [4.69, 9.17) is 4.74 Å². The zero-order chi connectivity index (χ0) is 15.5. The molecule has 1 atom stereocenters. The molecule has 2 fully saturated rings. The molecule has 2 rings (SSSR count). The number of rotatable bonds is 5. The highest BCUT2D eigenvalue weighted by atomic mass is 32.2. The first-order valence-corrected chi connectivity index (χ1v) is 9.53. The van der Waals surface area contributed by atoms with E-state index < -0.39 is 9.84 Å². The van der Waals surface area contributed by atoms with Crippen LogP contribution < -0.4 is 0 Å². The van der Waals surface area contributed by atoms with Gasteiger partial charge >= 0.3 is 0 Å². The average Bonchev–Trinajstić information content (AvgIpc) is 2.79. The van der Waals surface area contributed by atoms with E-state index in [2.05, 4.69) is 4.90 Å². The summed E-state index contributed by atoms with van der Waals surface area (Å²) in [4.78, 5) is 16.4. The Balaban J connectivity index is 1.72. The van der Waals surface area contributed by atoms with E-state index in [9.17, 15) is 13.2 Å². The van der Waals surface area contributed by atoms with Crippen LogP contribution in [0.4, 0.5) is 0 Å². The molecule has 21 heavy (non-hydrogen) atoms. The quantitative estimate of drug-likeness (QED) is 0.713. The highest BCUT2D eigenvalue weighted by Crippen LogP contribution is 2.21. The number of nitrogens with zero attached hydrogens (tertiary/aromatic N) is 2. The number of hydrogen-bond donors (Lipinski definition) is 0. The van der Waals surface area contributed by atoms with Gasteiger partial charge in [0.2, 0.25) is 5.91 Å². The molecule has 0 aromatic heterocycles. The first-order chi connectivity index (χ1) is 9.87. The van der Waals surface area contributed by atoms with E-state index >= 15 is 0 Å². The first-order valence-electron chi connectivity index (χ1n) is 7.70. The Bertz CT molecular complexity index is 456. The molecule has 2 heterocycles. The molecule has 0 bridgehead atoms. The number of sulfone groups is 1. The van der Waals surface area contributed by atoms with Crippen LogP contribution in [0.25, 0.3) is 0 Å². The van der Waals surface area contributed by atoms with Crippen LogP contribution >= 0.6 is 0 Å². The van der Waals surface area contributed by atoms with Crippen LogP contribution in [0.1, 0.15) is 20.3 Å². The molecule has 6 nitrogen and oxygen atoms in total. The zero-order valence-electron chi connectivity index (χ0n) is 13.0. The number of carbonyl (C=O) groups is 1. The molecule has 0 N–H and O–H groups in total. The molecule has 2 aliphatic heterocycles. The summed E-state index contributed by atoms with van der Waals surface area (Å²) in [7, 11) is -2.98. The first kappa shape index (κ1) is 16.7. The monoisotopic (exact) mass is 318 g/mol. The Hall–Kier alpha value is -0.660. The predicted molar refractivity (Wildman–Crippen MR) is 80.9 cm³/mol. The van der Waals surface area contributed by atoms with E-state index in [-0.39, 0.29) is 29.4 Å². The molecule has 122 valence electrons. The van der Waals surface area contributed by atoms with E-state index in [1.54, 1.807) is 0 Å². The van der Waals surface area contributed by atoms with Crippen molar-refractivity contribution in [3.63, 3.8) is 0 Å². The lowest BCUT2D eigenvalue weighted by Gasteiger charge is -2.35. The molecular formula is C14H26N2O4S. The second-order valence-corrected chi connectivity index (χ2v) is 8.42. The van der Waals surface area contributed by atoms with E-state index in [1.165, 1.54) is 0 Å². The smallest absolute Gasteiger partial charge is 0.226 e. The Labute approximate surface area is 127 Å². The Kier molecular flexibility index (Phi) is 5.62. The second-order valence-electron chi connectivity index (χ2n) is 6.19. The fourth-order valence-corrected chi connectivity index (χ4v) is 4.59. The van der Waals surface area contributed by atoms with Crippen LogP contribution in [0.3, 0.4) is 0 Å². The van der Waals surface area contributed by atoms with Crippen LogP contribution in [-0.4, -0.2) is 81.1 Å². The van der Waals surface area contributed by atoms with Crippen molar-refractivity contribution in [2.45, 2.75) is 26.4 Å². The Morgan fingerprint density at radius 3 is 2.43 bits per heavy atom. The number of hydrogen-bond acceptors (Lipinski definition) is 5. The van der Waals surface area contributed by atoms with Crippen LogP contribution in [0.5, 0.6) is 0 Å². The van der Waals surface area contributed by atoms with Crippen molar-refractivity contribution in [1.29, 1.82) is 0 Å². The minimum absolute atomic E-state index is 0.0224. The molecule has 1 amide bonds. The number of amides is 1. The Morgan fingerprint density at radius 1 is 1.24 bits per heavy atom. The van der Waals surface area contributed by atoms with Crippen LogP contribution in [0, 0.1) is 5.92 Å². The van der Waals surface area contributed by atoms with E-state index in [0.29, 0.717) is 26.1 Å². The van der Waals surface area contributed by atoms with Gasteiger partial charge < -0.3 is 9.64 Å². The highest BCUT2D eigenvalue weighted by Gasteiger charge is 2.36. The fourth-order valence-electron chi connectivity index (χ4n) is 2.86.